The quantitative estimate of drug-likeness (QED) is 0.657. The largest absolute Gasteiger partial charge is 0.492 e. The molecule has 0 fully saturated rings. The fraction of sp³-hybridized carbons (Fsp3) is 0.0833. The number of Topliss-reactive ketones (excluding diaryl/α,β-unsaturated/α-hetero) is 1. The number of ketones is 1. The van der Waals surface area contributed by atoms with Gasteiger partial charge in [0.15, 0.2) is 10.1 Å². The molecule has 0 saturated carbocycles. The molecule has 1 aromatic rings. The van der Waals surface area contributed by atoms with Gasteiger partial charge in [-0.25, -0.2) is 0 Å². The molecular formula is C12H9NO2S2. The van der Waals surface area contributed by atoms with Crippen LogP contribution in [-0.4, -0.2) is 21.1 Å². The Hall–Kier alpha value is -1.46. The standard InChI is InChI=1S/C12H9NO2S2/c1-7(14)9-4-2-8(3-5-9)6-10-11(15)13-12(16)17-10/h2-6H,1H3,(H,13,15,16)/b10-6-. The van der Waals surface area contributed by atoms with Gasteiger partial charge >= 0.3 is 0 Å². The van der Waals surface area contributed by atoms with Crippen LogP contribution in [0.3, 0.4) is 0 Å². The van der Waals surface area contributed by atoms with Crippen LogP contribution in [0.4, 0.5) is 0 Å². The van der Waals surface area contributed by atoms with Crippen molar-refractivity contribution in [3.63, 3.8) is 0 Å². The monoisotopic (exact) mass is 263 g/mol. The van der Waals surface area contributed by atoms with Crippen LogP contribution < -0.4 is 0 Å². The molecule has 1 aliphatic rings. The summed E-state index contributed by atoms with van der Waals surface area (Å²) in [5.74, 6) is -0.0133. The summed E-state index contributed by atoms with van der Waals surface area (Å²) in [5.41, 5.74) is 1.56. The van der Waals surface area contributed by atoms with Crippen LogP contribution in [0.15, 0.2) is 34.2 Å². The molecule has 86 valence electrons. The normalized spacial score (nSPS) is 17.4. The predicted molar refractivity (Wildman–Crippen MR) is 74.7 cm³/mol. The van der Waals surface area contributed by atoms with Crippen molar-refractivity contribution < 1.29 is 9.90 Å². The summed E-state index contributed by atoms with van der Waals surface area (Å²) >= 11 is 6.13. The van der Waals surface area contributed by atoms with Crippen molar-refractivity contribution in [3.05, 3.63) is 40.3 Å². The first-order valence-corrected chi connectivity index (χ1v) is 6.11. The molecule has 0 atom stereocenters. The number of thioether (sulfide) groups is 1. The third kappa shape index (κ3) is 2.81. The first-order chi connectivity index (χ1) is 8.06. The predicted octanol–water partition coefficient (Wildman–Crippen LogP) is 3.22. The van der Waals surface area contributed by atoms with Crippen LogP contribution >= 0.6 is 24.0 Å². The van der Waals surface area contributed by atoms with Crippen LogP contribution in [0.1, 0.15) is 22.8 Å². The molecule has 0 amide bonds. The van der Waals surface area contributed by atoms with Crippen molar-refractivity contribution in [1.82, 2.24) is 0 Å². The first-order valence-electron chi connectivity index (χ1n) is 4.89. The zero-order valence-electron chi connectivity index (χ0n) is 9.01. The highest BCUT2D eigenvalue weighted by atomic mass is 32.2. The van der Waals surface area contributed by atoms with Crippen LogP contribution in [0, 0.1) is 0 Å². The molecule has 0 aromatic heterocycles. The number of hydrogen-bond donors (Lipinski definition) is 1. The summed E-state index contributed by atoms with van der Waals surface area (Å²) in [5, 5.41) is 9.48. The summed E-state index contributed by atoms with van der Waals surface area (Å²) < 4.78 is 0.411. The van der Waals surface area contributed by atoms with E-state index in [2.05, 4.69) is 4.99 Å². The maximum absolute atomic E-state index is 11.1. The topological polar surface area (TPSA) is 49.7 Å². The zero-order valence-corrected chi connectivity index (χ0v) is 10.6. The van der Waals surface area contributed by atoms with Crippen molar-refractivity contribution >= 4 is 46.1 Å². The molecule has 17 heavy (non-hydrogen) atoms. The number of thiocarbonyl (C=S) groups is 1. The maximum atomic E-state index is 11.1. The first kappa shape index (κ1) is 12.0. The van der Waals surface area contributed by atoms with E-state index in [-0.39, 0.29) is 11.7 Å². The Morgan fingerprint density at radius 1 is 1.41 bits per heavy atom. The Kier molecular flexibility index (Phi) is 3.40. The number of hydrogen-bond acceptors (Lipinski definition) is 3. The number of rotatable bonds is 2. The summed E-state index contributed by atoms with van der Waals surface area (Å²) in [6.07, 6.45) is 1.78. The van der Waals surface area contributed by atoms with Crippen LogP contribution in [0.5, 0.6) is 0 Å². The van der Waals surface area contributed by atoms with E-state index in [9.17, 15) is 9.90 Å². The minimum absolute atomic E-state index is 0.0324. The van der Waals surface area contributed by atoms with Gasteiger partial charge in [0.1, 0.15) is 0 Å². The SMILES string of the molecule is CC(=O)c1ccc(/C=C2\SC(=S)N=C2O)cc1. The van der Waals surface area contributed by atoms with E-state index in [4.69, 9.17) is 12.2 Å². The molecule has 1 N–H and O–H groups in total. The van der Waals surface area contributed by atoms with Crippen LogP contribution in [0.2, 0.25) is 0 Å². The van der Waals surface area contributed by atoms with E-state index in [0.717, 1.165) is 5.56 Å². The Morgan fingerprint density at radius 2 is 2.06 bits per heavy atom. The molecule has 0 aliphatic carbocycles. The van der Waals surface area contributed by atoms with Gasteiger partial charge in [-0.15, -0.1) is 0 Å². The lowest BCUT2D eigenvalue weighted by Gasteiger charge is -1.98. The number of aliphatic imine (C=N–C) groups is 1. The van der Waals surface area contributed by atoms with Crippen molar-refractivity contribution in [2.75, 3.05) is 0 Å². The van der Waals surface area contributed by atoms with E-state index in [1.165, 1.54) is 18.7 Å². The summed E-state index contributed by atoms with van der Waals surface area (Å²) in [4.78, 5) is 15.5. The zero-order chi connectivity index (χ0) is 12.4. The summed E-state index contributed by atoms with van der Waals surface area (Å²) in [7, 11) is 0. The molecule has 1 aliphatic heterocycles. The molecule has 1 aromatic carbocycles. The van der Waals surface area contributed by atoms with Gasteiger partial charge in [0.05, 0.1) is 4.91 Å². The number of carbonyl (C=O) groups excluding carboxylic acids is 1. The maximum Gasteiger partial charge on any atom is 0.227 e. The number of carbonyl (C=O) groups is 1. The highest BCUT2D eigenvalue weighted by molar-refractivity contribution is 8.26. The van der Waals surface area contributed by atoms with Gasteiger partial charge in [0.25, 0.3) is 0 Å². The van der Waals surface area contributed by atoms with E-state index < -0.39 is 0 Å². The van der Waals surface area contributed by atoms with E-state index >= 15 is 0 Å². The fourth-order valence-corrected chi connectivity index (χ4v) is 2.37. The molecule has 0 spiro atoms. The molecular weight excluding hydrogens is 254 g/mol. The highest BCUT2D eigenvalue weighted by Crippen LogP contribution is 2.28. The van der Waals surface area contributed by atoms with Gasteiger partial charge in [0.2, 0.25) is 5.90 Å². The second kappa shape index (κ2) is 4.81. The van der Waals surface area contributed by atoms with Gasteiger partial charge in [0, 0.05) is 5.56 Å². The van der Waals surface area contributed by atoms with Gasteiger partial charge in [-0.05, 0) is 30.8 Å². The molecule has 0 radical (unpaired) electrons. The Balaban J connectivity index is 2.25. The van der Waals surface area contributed by atoms with Crippen molar-refractivity contribution in [2.24, 2.45) is 4.99 Å². The Morgan fingerprint density at radius 3 is 2.53 bits per heavy atom. The number of nitrogens with zero attached hydrogens (tertiary/aromatic N) is 1. The molecule has 3 nitrogen and oxygen atoms in total. The number of aliphatic hydroxyl groups excluding tert-OH is 1. The van der Waals surface area contributed by atoms with E-state index in [1.807, 2.05) is 12.1 Å². The third-order valence-corrected chi connectivity index (χ3v) is 3.36. The minimum Gasteiger partial charge on any atom is -0.492 e. The lowest BCUT2D eigenvalue weighted by Crippen LogP contribution is -1.93. The van der Waals surface area contributed by atoms with Gasteiger partial charge in [-0.3, -0.25) is 4.79 Å². The lowest BCUT2D eigenvalue weighted by atomic mass is 10.1. The minimum atomic E-state index is -0.0457. The summed E-state index contributed by atoms with van der Waals surface area (Å²) in [6.45, 7) is 1.53. The summed E-state index contributed by atoms with van der Waals surface area (Å²) in [6, 6.07) is 7.14. The number of aliphatic hydroxyl groups is 1. The van der Waals surface area contributed by atoms with Gasteiger partial charge < -0.3 is 5.11 Å². The molecule has 0 bridgehead atoms. The second-order valence-electron chi connectivity index (χ2n) is 3.49. The average Bonchev–Trinajstić information content (AvgIpc) is 2.58. The van der Waals surface area contributed by atoms with E-state index in [1.54, 1.807) is 18.2 Å². The fourth-order valence-electron chi connectivity index (χ4n) is 1.36. The number of benzene rings is 1. The van der Waals surface area contributed by atoms with Crippen LogP contribution in [-0.2, 0) is 0 Å². The average molecular weight is 263 g/mol. The highest BCUT2D eigenvalue weighted by Gasteiger charge is 2.17. The lowest BCUT2D eigenvalue weighted by molar-refractivity contribution is 0.101. The molecule has 1 heterocycles. The third-order valence-electron chi connectivity index (χ3n) is 2.23. The van der Waals surface area contributed by atoms with Gasteiger partial charge in [-0.2, -0.15) is 4.99 Å². The molecule has 5 heteroatoms. The van der Waals surface area contributed by atoms with E-state index in [0.29, 0.717) is 14.8 Å². The van der Waals surface area contributed by atoms with Crippen molar-refractivity contribution in [3.8, 4) is 0 Å². The molecule has 0 unspecified atom stereocenters. The second-order valence-corrected chi connectivity index (χ2v) is 5.17. The van der Waals surface area contributed by atoms with Crippen molar-refractivity contribution in [1.29, 1.82) is 0 Å². The van der Waals surface area contributed by atoms with Gasteiger partial charge in [-0.1, -0.05) is 36.0 Å². The molecule has 0 saturated heterocycles. The Bertz CT molecular complexity index is 544. The van der Waals surface area contributed by atoms with Crippen molar-refractivity contribution in [2.45, 2.75) is 6.92 Å². The van der Waals surface area contributed by atoms with Crippen LogP contribution in [0.25, 0.3) is 6.08 Å². The molecule has 2 rings (SSSR count). The smallest absolute Gasteiger partial charge is 0.227 e. The Labute approximate surface area is 108 Å².